The van der Waals surface area contributed by atoms with Crippen LogP contribution in [-0.4, -0.2) is 36.6 Å². The van der Waals surface area contributed by atoms with E-state index in [9.17, 15) is 13.4 Å². The van der Waals surface area contributed by atoms with E-state index in [0.717, 1.165) is 27.7 Å². The van der Waals surface area contributed by atoms with Crippen molar-refractivity contribution in [2.75, 3.05) is 0 Å². The highest BCUT2D eigenvalue weighted by atomic mass is 35.5. The second kappa shape index (κ2) is 7.13. The van der Waals surface area contributed by atoms with Crippen LogP contribution in [-0.2, 0) is 10.0 Å². The lowest BCUT2D eigenvalue weighted by Crippen LogP contribution is -2.45. The molecule has 1 fully saturated rings. The summed E-state index contributed by atoms with van der Waals surface area (Å²) in [5.74, 6) is 2.33. The Morgan fingerprint density at radius 3 is 2.90 bits per heavy atom. The van der Waals surface area contributed by atoms with Crippen molar-refractivity contribution in [2.45, 2.75) is 30.7 Å². The van der Waals surface area contributed by atoms with E-state index in [1.165, 1.54) is 6.07 Å². The Balaban J connectivity index is 1.37. The highest BCUT2D eigenvalue weighted by Gasteiger charge is 2.39. The molecule has 0 spiro atoms. The summed E-state index contributed by atoms with van der Waals surface area (Å²) < 4.78 is 33.8. The Hall–Kier alpha value is -2.33. The minimum absolute atomic E-state index is 0.0874. The second-order valence-electron chi connectivity index (χ2n) is 7.79. The number of pyridine rings is 1. The zero-order valence-corrected chi connectivity index (χ0v) is 17.7. The Kier molecular flexibility index (Phi) is 4.66. The molecule has 0 amide bonds. The average molecular weight is 444 g/mol. The number of fused-ring (bicyclic) bond motifs is 3. The fourth-order valence-corrected chi connectivity index (χ4v) is 6.05. The van der Waals surface area contributed by atoms with Gasteiger partial charge in [-0.05, 0) is 61.0 Å². The van der Waals surface area contributed by atoms with Crippen molar-refractivity contribution in [2.24, 2.45) is 5.92 Å². The highest BCUT2D eigenvalue weighted by Crippen LogP contribution is 2.46. The Labute approximate surface area is 179 Å². The molecule has 1 aromatic carbocycles. The fourth-order valence-electron chi connectivity index (χ4n) is 4.19. The molecule has 154 valence electrons. The van der Waals surface area contributed by atoms with Crippen molar-refractivity contribution in [3.05, 3.63) is 58.8 Å². The minimum Gasteiger partial charge on any atom is -0.531 e. The van der Waals surface area contributed by atoms with Crippen LogP contribution in [0, 0.1) is 12.8 Å². The van der Waals surface area contributed by atoms with E-state index in [0.29, 0.717) is 18.6 Å². The van der Waals surface area contributed by atoms with Crippen LogP contribution in [0.1, 0.15) is 24.0 Å². The largest absolute Gasteiger partial charge is 0.552 e. The molecule has 1 aliphatic heterocycles. The number of nitrogens with one attached hydrogen (secondary N) is 2. The number of aromatic nitrogens is 2. The third-order valence-electron chi connectivity index (χ3n) is 5.69. The van der Waals surface area contributed by atoms with Gasteiger partial charge in [0.25, 0.3) is 0 Å². The van der Waals surface area contributed by atoms with Gasteiger partial charge in [-0.2, -0.15) is 0 Å². The van der Waals surface area contributed by atoms with Gasteiger partial charge in [-0.1, -0.05) is 17.7 Å². The zero-order chi connectivity index (χ0) is 21.0. The highest BCUT2D eigenvalue weighted by molar-refractivity contribution is 7.89. The van der Waals surface area contributed by atoms with Crippen molar-refractivity contribution in [3.8, 4) is 5.75 Å². The molecule has 0 saturated heterocycles. The van der Waals surface area contributed by atoms with E-state index in [-0.39, 0.29) is 21.9 Å². The first-order chi connectivity index (χ1) is 14.3. The Morgan fingerprint density at radius 1 is 1.33 bits per heavy atom. The summed E-state index contributed by atoms with van der Waals surface area (Å²) in [5.41, 5.74) is 3.50. The van der Waals surface area contributed by atoms with Gasteiger partial charge in [0.15, 0.2) is 0 Å². The van der Waals surface area contributed by atoms with E-state index in [2.05, 4.69) is 14.7 Å². The number of rotatable bonds is 4. The molecule has 0 atom stereocenters. The maximum Gasteiger partial charge on any atom is 0.552 e. The maximum absolute atomic E-state index is 12.8. The van der Waals surface area contributed by atoms with Gasteiger partial charge in [0.05, 0.1) is 11.2 Å². The SMILES string of the molecule is Cc1ccc(S(=O)(=O)NC2CC(C3=CB(O)Oc4cnc5[nH]ccc5c43)C2)c(Cl)c1. The summed E-state index contributed by atoms with van der Waals surface area (Å²) in [6.45, 7) is 1.86. The predicted molar refractivity (Wildman–Crippen MR) is 116 cm³/mol. The molecule has 2 aromatic heterocycles. The molecule has 0 radical (unpaired) electrons. The fraction of sp³-hybridized carbons (Fsp3) is 0.250. The number of allylic oxidation sites excluding steroid dienone is 1. The summed E-state index contributed by atoms with van der Waals surface area (Å²) in [6.07, 6.45) is 4.65. The number of hydrogen-bond donors (Lipinski definition) is 3. The molecule has 1 aliphatic carbocycles. The van der Waals surface area contributed by atoms with Crippen molar-refractivity contribution >= 4 is 45.3 Å². The van der Waals surface area contributed by atoms with Crippen LogP contribution in [0.15, 0.2) is 47.5 Å². The predicted octanol–water partition coefficient (Wildman–Crippen LogP) is 3.08. The van der Waals surface area contributed by atoms with Gasteiger partial charge in [-0.25, -0.2) is 18.1 Å². The molecule has 7 nitrogen and oxygen atoms in total. The smallest absolute Gasteiger partial charge is 0.531 e. The number of sulfonamides is 1. The third kappa shape index (κ3) is 3.31. The number of nitrogens with zero attached hydrogens (tertiary/aromatic N) is 1. The van der Waals surface area contributed by atoms with E-state index < -0.39 is 17.1 Å². The summed E-state index contributed by atoms with van der Waals surface area (Å²) in [7, 11) is -4.76. The lowest BCUT2D eigenvalue weighted by Gasteiger charge is -2.39. The van der Waals surface area contributed by atoms with Gasteiger partial charge in [0.1, 0.15) is 16.3 Å². The number of H-pyrrole nitrogens is 1. The van der Waals surface area contributed by atoms with E-state index in [4.69, 9.17) is 16.3 Å². The van der Waals surface area contributed by atoms with Crippen LogP contribution in [0.25, 0.3) is 16.6 Å². The molecule has 3 heterocycles. The van der Waals surface area contributed by atoms with Crippen molar-refractivity contribution in [1.29, 1.82) is 0 Å². The van der Waals surface area contributed by atoms with Crippen LogP contribution in [0.3, 0.4) is 0 Å². The molecule has 5 rings (SSSR count). The molecule has 3 aromatic rings. The van der Waals surface area contributed by atoms with Gasteiger partial charge in [-0.15, -0.1) is 0 Å². The molecule has 10 heteroatoms. The quantitative estimate of drug-likeness (QED) is 0.538. The van der Waals surface area contributed by atoms with Crippen molar-refractivity contribution in [3.63, 3.8) is 0 Å². The minimum atomic E-state index is -3.71. The summed E-state index contributed by atoms with van der Waals surface area (Å²) in [6, 6.07) is 6.62. The molecule has 3 N–H and O–H groups in total. The molecule has 0 unspecified atom stereocenters. The van der Waals surface area contributed by atoms with Crippen LogP contribution in [0.5, 0.6) is 5.75 Å². The number of halogens is 1. The molecule has 1 saturated carbocycles. The first-order valence-corrected chi connectivity index (χ1v) is 11.5. The van der Waals surface area contributed by atoms with E-state index >= 15 is 0 Å². The molecular weight excluding hydrogens is 425 g/mol. The monoisotopic (exact) mass is 443 g/mol. The van der Waals surface area contributed by atoms with Crippen LogP contribution < -0.4 is 9.38 Å². The Morgan fingerprint density at radius 2 is 2.13 bits per heavy atom. The molecule has 30 heavy (non-hydrogen) atoms. The van der Waals surface area contributed by atoms with Crippen molar-refractivity contribution in [1.82, 2.24) is 14.7 Å². The zero-order valence-electron chi connectivity index (χ0n) is 16.1. The Bertz CT molecular complexity index is 1280. The average Bonchev–Trinajstić information content (AvgIpc) is 3.12. The topological polar surface area (TPSA) is 104 Å². The molecular formula is C20H19BClN3O4S. The lowest BCUT2D eigenvalue weighted by molar-refractivity contribution is 0.308. The lowest BCUT2D eigenvalue weighted by atomic mass is 9.68. The van der Waals surface area contributed by atoms with Gasteiger partial charge in [-0.3, -0.25) is 0 Å². The van der Waals surface area contributed by atoms with Crippen LogP contribution in [0.2, 0.25) is 5.02 Å². The first-order valence-electron chi connectivity index (χ1n) is 9.63. The molecule has 0 bridgehead atoms. The van der Waals surface area contributed by atoms with E-state index in [1.807, 2.05) is 19.2 Å². The number of benzene rings is 1. The van der Waals surface area contributed by atoms with Crippen molar-refractivity contribution < 1.29 is 18.1 Å². The van der Waals surface area contributed by atoms with Gasteiger partial charge < -0.3 is 14.7 Å². The van der Waals surface area contributed by atoms with Crippen LogP contribution in [0.4, 0.5) is 0 Å². The first kappa shape index (κ1) is 19.6. The van der Waals surface area contributed by atoms with Gasteiger partial charge in [0, 0.05) is 23.2 Å². The third-order valence-corrected chi connectivity index (χ3v) is 7.69. The van der Waals surface area contributed by atoms with Gasteiger partial charge >= 0.3 is 7.12 Å². The molecule has 2 aliphatic rings. The standard InChI is InChI=1S/C20H19BClN3O4S/c1-11-2-3-18(16(22)6-11)30(27,28)25-13-7-12(8-13)15-9-21(26)29-17-10-24-20-14(19(15)17)4-5-23-20/h2-6,9-10,12-13,25-26H,7-8H2,1H3,(H,23,24). The number of aryl methyl sites for hydroxylation is 1. The van der Waals surface area contributed by atoms with E-state index in [1.54, 1.807) is 24.3 Å². The normalized spacial score (nSPS) is 21.0. The van der Waals surface area contributed by atoms with Gasteiger partial charge in [0.2, 0.25) is 10.0 Å². The summed E-state index contributed by atoms with van der Waals surface area (Å²) >= 11 is 6.15. The summed E-state index contributed by atoms with van der Waals surface area (Å²) in [4.78, 5) is 7.49. The maximum atomic E-state index is 12.8. The number of hydrogen-bond acceptors (Lipinski definition) is 5. The summed E-state index contributed by atoms with van der Waals surface area (Å²) in [5, 5.41) is 11.2. The number of aromatic amines is 1. The van der Waals surface area contributed by atoms with Crippen LogP contribution >= 0.6 is 11.6 Å². The second-order valence-corrected chi connectivity index (χ2v) is 9.88.